The number of rotatable bonds is 5. The van der Waals surface area contributed by atoms with E-state index in [0.29, 0.717) is 5.15 Å². The molecule has 0 aliphatic heterocycles. The minimum atomic E-state index is 0.435. The van der Waals surface area contributed by atoms with E-state index in [0.717, 1.165) is 30.0 Å². The van der Waals surface area contributed by atoms with Gasteiger partial charge in [0.25, 0.3) is 0 Å². The number of aromatic nitrogens is 3. The average Bonchev–Trinajstić information content (AvgIpc) is 2.90. The van der Waals surface area contributed by atoms with Crippen molar-refractivity contribution in [2.45, 2.75) is 6.42 Å². The second-order valence-corrected chi connectivity index (χ2v) is 5.02. The number of fused-ring (bicyclic) bond motifs is 1. The molecule has 2 N–H and O–H groups in total. The van der Waals surface area contributed by atoms with Crippen LogP contribution in [0.2, 0.25) is 5.15 Å². The molecule has 0 atom stereocenters. The first kappa shape index (κ1) is 13.7. The number of ether oxygens (including phenoxy) is 1. The van der Waals surface area contributed by atoms with Gasteiger partial charge in [-0.1, -0.05) is 11.6 Å². The van der Waals surface area contributed by atoms with Crippen LogP contribution in [0, 0.1) is 0 Å². The lowest BCUT2D eigenvalue weighted by atomic mass is 10.1. The van der Waals surface area contributed by atoms with Gasteiger partial charge in [-0.05, 0) is 30.2 Å². The molecule has 0 bridgehead atoms. The molecule has 0 radical (unpaired) electrons. The quantitative estimate of drug-likeness (QED) is 0.710. The molecule has 3 aromatic rings. The summed E-state index contributed by atoms with van der Waals surface area (Å²) in [4.78, 5) is 11.2. The van der Waals surface area contributed by atoms with Crippen molar-refractivity contribution < 1.29 is 4.74 Å². The van der Waals surface area contributed by atoms with Crippen molar-refractivity contribution in [2.24, 2.45) is 0 Å². The average molecular weight is 303 g/mol. The summed E-state index contributed by atoms with van der Waals surface area (Å²) in [6, 6.07) is 7.72. The second-order valence-electron chi connectivity index (χ2n) is 4.63. The number of aromatic amines is 1. The van der Waals surface area contributed by atoms with Gasteiger partial charge >= 0.3 is 0 Å². The zero-order chi connectivity index (χ0) is 14.7. The smallest absolute Gasteiger partial charge is 0.134 e. The third-order valence-corrected chi connectivity index (χ3v) is 3.52. The molecule has 0 saturated heterocycles. The molecule has 108 valence electrons. The molecule has 0 spiro atoms. The molecule has 0 aliphatic rings. The Balaban J connectivity index is 1.70. The van der Waals surface area contributed by atoms with E-state index in [1.807, 2.05) is 24.4 Å². The predicted octanol–water partition coefficient (Wildman–Crippen LogP) is 3.27. The van der Waals surface area contributed by atoms with Gasteiger partial charge in [-0.15, -0.1) is 0 Å². The van der Waals surface area contributed by atoms with Crippen LogP contribution < -0.4 is 10.1 Å². The lowest BCUT2D eigenvalue weighted by molar-refractivity contribution is 0.415. The van der Waals surface area contributed by atoms with E-state index in [1.54, 1.807) is 13.2 Å². The van der Waals surface area contributed by atoms with Gasteiger partial charge in [0.1, 0.15) is 23.0 Å². The number of hydrogen-bond donors (Lipinski definition) is 2. The number of anilines is 1. The van der Waals surface area contributed by atoms with Crippen LogP contribution in [-0.2, 0) is 6.42 Å². The number of halogens is 1. The first-order valence-electron chi connectivity index (χ1n) is 6.61. The van der Waals surface area contributed by atoms with Crippen LogP contribution in [0.4, 0.5) is 5.82 Å². The highest BCUT2D eigenvalue weighted by Crippen LogP contribution is 2.24. The van der Waals surface area contributed by atoms with Crippen molar-refractivity contribution in [3.05, 3.63) is 47.5 Å². The zero-order valence-electron chi connectivity index (χ0n) is 11.6. The van der Waals surface area contributed by atoms with Gasteiger partial charge in [-0.2, -0.15) is 0 Å². The van der Waals surface area contributed by atoms with Crippen molar-refractivity contribution in [1.29, 1.82) is 0 Å². The first-order valence-corrected chi connectivity index (χ1v) is 6.99. The highest BCUT2D eigenvalue weighted by Gasteiger charge is 2.05. The van der Waals surface area contributed by atoms with E-state index in [2.05, 4.69) is 20.3 Å². The Morgan fingerprint density at radius 3 is 3.00 bits per heavy atom. The second kappa shape index (κ2) is 6.01. The SMILES string of the molecule is COc1ccc2[nH]cc(CCNc3cc(Cl)ncn3)c2c1. The maximum Gasteiger partial charge on any atom is 0.134 e. The molecule has 0 unspecified atom stereocenters. The predicted molar refractivity (Wildman–Crippen MR) is 84.1 cm³/mol. The summed E-state index contributed by atoms with van der Waals surface area (Å²) in [6.45, 7) is 0.761. The highest BCUT2D eigenvalue weighted by atomic mass is 35.5. The van der Waals surface area contributed by atoms with E-state index in [9.17, 15) is 0 Å². The lowest BCUT2D eigenvalue weighted by Crippen LogP contribution is -2.06. The van der Waals surface area contributed by atoms with Crippen LogP contribution in [0.15, 0.2) is 36.8 Å². The molecule has 0 saturated carbocycles. The van der Waals surface area contributed by atoms with Gasteiger partial charge < -0.3 is 15.0 Å². The largest absolute Gasteiger partial charge is 0.497 e. The van der Waals surface area contributed by atoms with E-state index < -0.39 is 0 Å². The van der Waals surface area contributed by atoms with E-state index >= 15 is 0 Å². The summed E-state index contributed by atoms with van der Waals surface area (Å²) >= 11 is 5.82. The fourth-order valence-corrected chi connectivity index (χ4v) is 2.39. The fraction of sp³-hybridized carbons (Fsp3) is 0.200. The molecule has 5 nitrogen and oxygen atoms in total. The summed E-state index contributed by atoms with van der Waals surface area (Å²) in [7, 11) is 1.67. The molecule has 6 heteroatoms. The van der Waals surface area contributed by atoms with Gasteiger partial charge in [0.15, 0.2) is 0 Å². The Morgan fingerprint density at radius 1 is 1.29 bits per heavy atom. The standard InChI is InChI=1S/C15H15ClN4O/c1-21-11-2-3-13-12(6-11)10(8-18-13)4-5-17-15-7-14(16)19-9-20-15/h2-3,6-9,18H,4-5H2,1H3,(H,17,19,20). The lowest BCUT2D eigenvalue weighted by Gasteiger charge is -2.05. The van der Waals surface area contributed by atoms with Crippen LogP contribution in [0.5, 0.6) is 5.75 Å². The van der Waals surface area contributed by atoms with Gasteiger partial charge in [0.2, 0.25) is 0 Å². The monoisotopic (exact) mass is 302 g/mol. The summed E-state index contributed by atoms with van der Waals surface area (Å²) in [6.07, 6.45) is 4.34. The summed E-state index contributed by atoms with van der Waals surface area (Å²) < 4.78 is 5.27. The van der Waals surface area contributed by atoms with Crippen molar-refractivity contribution >= 4 is 28.3 Å². The molecule has 21 heavy (non-hydrogen) atoms. The Morgan fingerprint density at radius 2 is 2.19 bits per heavy atom. The topological polar surface area (TPSA) is 62.8 Å². The van der Waals surface area contributed by atoms with Crippen LogP contribution in [-0.4, -0.2) is 28.6 Å². The number of H-pyrrole nitrogens is 1. The molecule has 0 fully saturated rings. The molecular weight excluding hydrogens is 288 g/mol. The third kappa shape index (κ3) is 3.08. The summed E-state index contributed by atoms with van der Waals surface area (Å²) in [5.41, 5.74) is 2.34. The zero-order valence-corrected chi connectivity index (χ0v) is 12.3. The number of hydrogen-bond acceptors (Lipinski definition) is 4. The van der Waals surface area contributed by atoms with Gasteiger partial charge in [0.05, 0.1) is 7.11 Å². The van der Waals surface area contributed by atoms with Crippen molar-refractivity contribution in [3.8, 4) is 5.75 Å². The van der Waals surface area contributed by atoms with E-state index in [-0.39, 0.29) is 0 Å². The summed E-state index contributed by atoms with van der Waals surface area (Å²) in [5.74, 6) is 1.59. The maximum absolute atomic E-state index is 5.82. The van der Waals surface area contributed by atoms with Crippen LogP contribution in [0.1, 0.15) is 5.56 Å². The van der Waals surface area contributed by atoms with Crippen molar-refractivity contribution in [1.82, 2.24) is 15.0 Å². The molecular formula is C15H15ClN4O. The molecule has 0 aliphatic carbocycles. The molecule has 3 rings (SSSR count). The minimum absolute atomic E-state index is 0.435. The molecule has 0 amide bonds. The van der Waals surface area contributed by atoms with E-state index in [4.69, 9.17) is 16.3 Å². The van der Waals surface area contributed by atoms with Crippen LogP contribution in [0.3, 0.4) is 0 Å². The third-order valence-electron chi connectivity index (χ3n) is 3.31. The van der Waals surface area contributed by atoms with Gasteiger partial charge in [-0.3, -0.25) is 0 Å². The van der Waals surface area contributed by atoms with Gasteiger partial charge in [-0.25, -0.2) is 9.97 Å². The fourth-order valence-electron chi connectivity index (χ4n) is 2.25. The number of benzene rings is 1. The van der Waals surface area contributed by atoms with Gasteiger partial charge in [0, 0.05) is 29.7 Å². The van der Waals surface area contributed by atoms with Crippen LogP contribution in [0.25, 0.3) is 10.9 Å². The van der Waals surface area contributed by atoms with Crippen LogP contribution >= 0.6 is 11.6 Å². The Kier molecular flexibility index (Phi) is 3.92. The van der Waals surface area contributed by atoms with Crippen molar-refractivity contribution in [2.75, 3.05) is 19.0 Å². The Labute approximate surface area is 127 Å². The molecule has 2 aromatic heterocycles. The summed E-state index contributed by atoms with van der Waals surface area (Å²) in [5, 5.41) is 4.85. The van der Waals surface area contributed by atoms with E-state index in [1.165, 1.54) is 17.3 Å². The van der Waals surface area contributed by atoms with Crippen molar-refractivity contribution in [3.63, 3.8) is 0 Å². The minimum Gasteiger partial charge on any atom is -0.497 e. The number of nitrogens with zero attached hydrogens (tertiary/aromatic N) is 2. The highest BCUT2D eigenvalue weighted by molar-refractivity contribution is 6.29. The number of methoxy groups -OCH3 is 1. The molecule has 2 heterocycles. The number of nitrogens with one attached hydrogen (secondary N) is 2. The molecule has 1 aromatic carbocycles. The first-order chi connectivity index (χ1) is 10.3. The Hall–Kier alpha value is -2.27. The maximum atomic E-state index is 5.82. The Bertz CT molecular complexity index is 756. The normalized spacial score (nSPS) is 10.8.